The number of hydrogen-bond acceptors (Lipinski definition) is 3. The van der Waals surface area contributed by atoms with Crippen molar-refractivity contribution in [2.75, 3.05) is 6.54 Å². The molecule has 0 aliphatic carbocycles. The smallest absolute Gasteiger partial charge is 0.308 e. The molecule has 6 heteroatoms. The van der Waals surface area contributed by atoms with Gasteiger partial charge in [0.15, 0.2) is 11.5 Å². The molecule has 0 radical (unpaired) electrons. The molecule has 1 fully saturated rings. The molecule has 0 saturated carbocycles. The summed E-state index contributed by atoms with van der Waals surface area (Å²) >= 11 is 0. The number of aliphatic carboxylic acids is 1. The minimum Gasteiger partial charge on any atom is -0.481 e. The molecular weight excluding hydrogens is 239 g/mol. The van der Waals surface area contributed by atoms with E-state index >= 15 is 0 Å². The van der Waals surface area contributed by atoms with Crippen molar-refractivity contribution in [3.05, 3.63) is 29.8 Å². The van der Waals surface area contributed by atoms with Gasteiger partial charge in [-0.1, -0.05) is 0 Å². The number of carbonyl (C=O) groups excluding carboxylic acids is 1. The van der Waals surface area contributed by atoms with Crippen LogP contribution in [0.4, 0.5) is 4.39 Å². The van der Waals surface area contributed by atoms with E-state index in [1.165, 1.54) is 17.2 Å². The molecule has 2 rings (SSSR count). The van der Waals surface area contributed by atoms with Crippen molar-refractivity contribution in [2.24, 2.45) is 5.92 Å². The van der Waals surface area contributed by atoms with Crippen molar-refractivity contribution in [3.63, 3.8) is 0 Å². The van der Waals surface area contributed by atoms with Gasteiger partial charge in [0, 0.05) is 18.8 Å². The first-order valence-electron chi connectivity index (χ1n) is 5.66. The molecule has 2 unspecified atom stereocenters. The predicted octanol–water partition coefficient (Wildman–Crippen LogP) is 1.16. The number of carboxylic acids is 1. The average Bonchev–Trinajstić information content (AvgIpc) is 2.71. The van der Waals surface area contributed by atoms with Gasteiger partial charge in [-0.2, -0.15) is 0 Å². The SMILES string of the molecule is CC1C(C(=O)O)CCN1C(=O)c1ncccc1F. The lowest BCUT2D eigenvalue weighted by Gasteiger charge is -2.22. The Labute approximate surface area is 103 Å². The standard InChI is InChI=1S/C12H13FN2O3/c1-7-8(12(17)18)4-6-15(7)11(16)10-9(13)3-2-5-14-10/h2-3,5,7-8H,4,6H2,1H3,(H,17,18). The van der Waals surface area contributed by atoms with Crippen molar-refractivity contribution in [2.45, 2.75) is 19.4 Å². The second kappa shape index (κ2) is 4.72. The number of carbonyl (C=O) groups is 2. The van der Waals surface area contributed by atoms with Gasteiger partial charge >= 0.3 is 5.97 Å². The van der Waals surface area contributed by atoms with E-state index in [0.717, 1.165) is 6.07 Å². The molecule has 2 atom stereocenters. The number of rotatable bonds is 2. The van der Waals surface area contributed by atoms with Gasteiger partial charge in [0.05, 0.1) is 5.92 Å². The normalized spacial score (nSPS) is 23.1. The summed E-state index contributed by atoms with van der Waals surface area (Å²) in [5.41, 5.74) is -0.254. The molecule has 18 heavy (non-hydrogen) atoms. The van der Waals surface area contributed by atoms with Crippen LogP contribution < -0.4 is 0 Å². The molecule has 1 aromatic heterocycles. The summed E-state index contributed by atoms with van der Waals surface area (Å²) in [5, 5.41) is 8.98. The molecule has 0 aromatic carbocycles. The van der Waals surface area contributed by atoms with Crippen LogP contribution in [0, 0.1) is 11.7 Å². The third-order valence-electron chi connectivity index (χ3n) is 3.29. The zero-order valence-corrected chi connectivity index (χ0v) is 9.84. The molecule has 0 bridgehead atoms. The zero-order chi connectivity index (χ0) is 13.3. The van der Waals surface area contributed by atoms with E-state index in [1.54, 1.807) is 6.92 Å². The van der Waals surface area contributed by atoms with Crippen LogP contribution in [0.15, 0.2) is 18.3 Å². The van der Waals surface area contributed by atoms with Gasteiger partial charge in [-0.05, 0) is 25.5 Å². The molecule has 5 nitrogen and oxygen atoms in total. The Morgan fingerprint density at radius 3 is 2.83 bits per heavy atom. The van der Waals surface area contributed by atoms with Crippen LogP contribution in [0.3, 0.4) is 0 Å². The fourth-order valence-electron chi connectivity index (χ4n) is 2.24. The molecule has 96 valence electrons. The highest BCUT2D eigenvalue weighted by molar-refractivity contribution is 5.93. The quantitative estimate of drug-likeness (QED) is 0.857. The summed E-state index contributed by atoms with van der Waals surface area (Å²) < 4.78 is 13.4. The van der Waals surface area contributed by atoms with Crippen molar-refractivity contribution in [1.82, 2.24) is 9.88 Å². The highest BCUT2D eigenvalue weighted by atomic mass is 19.1. The summed E-state index contributed by atoms with van der Waals surface area (Å²) in [5.74, 6) is -2.77. The lowest BCUT2D eigenvalue weighted by atomic mass is 10.0. The third-order valence-corrected chi connectivity index (χ3v) is 3.29. The van der Waals surface area contributed by atoms with Crippen LogP contribution in [0.25, 0.3) is 0 Å². The predicted molar refractivity (Wildman–Crippen MR) is 60.4 cm³/mol. The molecule has 1 amide bonds. The average molecular weight is 252 g/mol. The summed E-state index contributed by atoms with van der Waals surface area (Å²) in [7, 11) is 0. The number of amides is 1. The summed E-state index contributed by atoms with van der Waals surface area (Å²) in [6, 6.07) is 2.12. The molecule has 1 aromatic rings. The number of nitrogens with zero attached hydrogens (tertiary/aromatic N) is 2. The molecule has 1 aliphatic heterocycles. The molecule has 1 N–H and O–H groups in total. The van der Waals surface area contributed by atoms with E-state index in [-0.39, 0.29) is 5.69 Å². The number of hydrogen-bond donors (Lipinski definition) is 1. The summed E-state index contributed by atoms with van der Waals surface area (Å²) in [6.07, 6.45) is 1.72. The van der Waals surface area contributed by atoms with Crippen LogP contribution in [0.5, 0.6) is 0 Å². The highest BCUT2D eigenvalue weighted by Gasteiger charge is 2.39. The first-order chi connectivity index (χ1) is 8.52. The number of aromatic nitrogens is 1. The highest BCUT2D eigenvalue weighted by Crippen LogP contribution is 2.26. The van der Waals surface area contributed by atoms with Crippen molar-refractivity contribution in [3.8, 4) is 0 Å². The van der Waals surface area contributed by atoms with Crippen LogP contribution >= 0.6 is 0 Å². The molecule has 1 aliphatic rings. The monoisotopic (exact) mass is 252 g/mol. The van der Waals surface area contributed by atoms with Crippen molar-refractivity contribution >= 4 is 11.9 Å². The van der Waals surface area contributed by atoms with Crippen molar-refractivity contribution in [1.29, 1.82) is 0 Å². The van der Waals surface area contributed by atoms with Crippen LogP contribution in [-0.4, -0.2) is 39.5 Å². The van der Waals surface area contributed by atoms with Gasteiger partial charge in [0.25, 0.3) is 5.91 Å². The van der Waals surface area contributed by atoms with E-state index in [4.69, 9.17) is 5.11 Å². The first kappa shape index (κ1) is 12.5. The lowest BCUT2D eigenvalue weighted by Crippen LogP contribution is -2.38. The van der Waals surface area contributed by atoms with Crippen LogP contribution in [0.2, 0.25) is 0 Å². The van der Waals surface area contributed by atoms with Gasteiger partial charge in [-0.3, -0.25) is 9.59 Å². The molecule has 2 heterocycles. The largest absolute Gasteiger partial charge is 0.481 e. The van der Waals surface area contributed by atoms with E-state index in [2.05, 4.69) is 4.98 Å². The van der Waals surface area contributed by atoms with Gasteiger partial charge in [0.2, 0.25) is 0 Å². The first-order valence-corrected chi connectivity index (χ1v) is 5.66. The Hall–Kier alpha value is -1.98. The lowest BCUT2D eigenvalue weighted by molar-refractivity contribution is -0.142. The molecular formula is C12H13FN2O3. The van der Waals surface area contributed by atoms with Gasteiger partial charge < -0.3 is 10.0 Å². The minimum atomic E-state index is -0.931. The van der Waals surface area contributed by atoms with E-state index in [1.807, 2.05) is 0 Å². The number of pyridine rings is 1. The van der Waals surface area contributed by atoms with Crippen LogP contribution in [-0.2, 0) is 4.79 Å². The number of carboxylic acid groups (broad SMARTS) is 1. The fourth-order valence-corrected chi connectivity index (χ4v) is 2.24. The maximum absolute atomic E-state index is 13.4. The fraction of sp³-hybridized carbons (Fsp3) is 0.417. The second-order valence-corrected chi connectivity index (χ2v) is 4.31. The van der Waals surface area contributed by atoms with E-state index in [9.17, 15) is 14.0 Å². The summed E-state index contributed by atoms with van der Waals surface area (Å²) in [6.45, 7) is 1.97. The second-order valence-electron chi connectivity index (χ2n) is 4.31. The summed E-state index contributed by atoms with van der Waals surface area (Å²) in [4.78, 5) is 28.1. The Kier molecular flexibility index (Phi) is 3.27. The van der Waals surface area contributed by atoms with E-state index in [0.29, 0.717) is 13.0 Å². The van der Waals surface area contributed by atoms with Gasteiger partial charge in [-0.15, -0.1) is 0 Å². The van der Waals surface area contributed by atoms with E-state index < -0.39 is 29.7 Å². The molecule has 0 spiro atoms. The van der Waals surface area contributed by atoms with Crippen LogP contribution in [0.1, 0.15) is 23.8 Å². The van der Waals surface area contributed by atoms with Gasteiger partial charge in [0.1, 0.15) is 0 Å². The minimum absolute atomic E-state index is 0.254. The van der Waals surface area contributed by atoms with Gasteiger partial charge in [-0.25, -0.2) is 9.37 Å². The Morgan fingerprint density at radius 1 is 1.56 bits per heavy atom. The Morgan fingerprint density at radius 2 is 2.28 bits per heavy atom. The maximum Gasteiger partial charge on any atom is 0.308 e. The maximum atomic E-state index is 13.4. The Bertz CT molecular complexity index is 492. The number of likely N-dealkylation sites (tertiary alicyclic amines) is 1. The van der Waals surface area contributed by atoms with Crippen molar-refractivity contribution < 1.29 is 19.1 Å². The number of halogens is 1. The zero-order valence-electron chi connectivity index (χ0n) is 9.84. The third kappa shape index (κ3) is 2.05. The molecule has 1 saturated heterocycles. The topological polar surface area (TPSA) is 70.5 Å². The Balaban J connectivity index is 2.21.